The number of hydrogen-bond donors (Lipinski definition) is 2. The maximum atomic E-state index is 12.6. The molecule has 0 radical (unpaired) electrons. The van der Waals surface area contributed by atoms with Gasteiger partial charge in [-0.2, -0.15) is 5.26 Å². The smallest absolute Gasteiger partial charge is 0.266 e. The predicted molar refractivity (Wildman–Crippen MR) is 124 cm³/mol. The molecule has 0 saturated carbocycles. The van der Waals surface area contributed by atoms with Crippen LogP contribution in [0, 0.1) is 11.3 Å². The molecule has 0 bridgehead atoms. The fraction of sp³-hybridized carbons (Fsp3) is 0.200. The Bertz CT molecular complexity index is 1190. The lowest BCUT2D eigenvalue weighted by atomic mass is 9.86. The zero-order chi connectivity index (χ0) is 21.5. The quantitative estimate of drug-likeness (QED) is 0.550. The van der Waals surface area contributed by atoms with E-state index < -0.39 is 12.1 Å². The molecule has 150 valence electrons. The minimum Gasteiger partial charge on any atom is -0.327 e. The average molecular weight is 414 g/mol. The first-order chi connectivity index (χ1) is 14.3. The maximum absolute atomic E-state index is 12.6. The lowest BCUT2D eigenvalue weighted by Gasteiger charge is -2.38. The maximum Gasteiger partial charge on any atom is 0.266 e. The number of hydrogen-bond acceptors (Lipinski definition) is 4. The summed E-state index contributed by atoms with van der Waals surface area (Å²) < 4.78 is 0. The van der Waals surface area contributed by atoms with Gasteiger partial charge in [-0.1, -0.05) is 81.4 Å². The standard InChI is InChI=1S/C25H23N3OS/c1-25(2,3)18-13-11-17(12-14-18)22-27-23(29)20(15-26)24(30)28(22)21-10-6-8-16-7-4-5-9-19(16)21/h4-14,22,30H,1-3H3,(H,27,29). The molecule has 1 heterocycles. The van der Waals surface area contributed by atoms with Gasteiger partial charge in [-0.3, -0.25) is 4.79 Å². The molecule has 1 aliphatic heterocycles. The summed E-state index contributed by atoms with van der Waals surface area (Å²) in [4.78, 5) is 14.5. The number of rotatable bonds is 2. The van der Waals surface area contributed by atoms with Gasteiger partial charge < -0.3 is 10.2 Å². The average Bonchev–Trinajstić information content (AvgIpc) is 2.73. The minimum atomic E-state index is -0.470. The first-order valence-electron chi connectivity index (χ1n) is 9.83. The summed E-state index contributed by atoms with van der Waals surface area (Å²) in [6.07, 6.45) is -0.470. The van der Waals surface area contributed by atoms with Crippen LogP contribution in [0.4, 0.5) is 5.69 Å². The number of nitriles is 1. The van der Waals surface area contributed by atoms with Crippen molar-refractivity contribution in [3.05, 3.63) is 88.5 Å². The van der Waals surface area contributed by atoms with E-state index >= 15 is 0 Å². The van der Waals surface area contributed by atoms with E-state index in [1.807, 2.05) is 65.6 Å². The van der Waals surface area contributed by atoms with Crippen molar-refractivity contribution < 1.29 is 4.79 Å². The van der Waals surface area contributed by atoms with Gasteiger partial charge in [0.25, 0.3) is 5.91 Å². The SMILES string of the molecule is CC(C)(C)c1ccc(C2NC(=O)C(C#N)=C(S)N2c2cccc3ccccc23)cc1. The summed E-state index contributed by atoms with van der Waals surface area (Å²) in [5, 5.41) is 15.0. The Morgan fingerprint density at radius 1 is 1.00 bits per heavy atom. The van der Waals surface area contributed by atoms with Crippen LogP contribution in [-0.4, -0.2) is 5.91 Å². The first-order valence-corrected chi connectivity index (χ1v) is 10.3. The van der Waals surface area contributed by atoms with Crippen LogP contribution in [0.3, 0.4) is 0 Å². The number of benzene rings is 3. The molecule has 3 aromatic rings. The lowest BCUT2D eigenvalue weighted by molar-refractivity contribution is -0.118. The highest BCUT2D eigenvalue weighted by atomic mass is 32.1. The van der Waals surface area contributed by atoms with Crippen molar-refractivity contribution in [2.24, 2.45) is 0 Å². The van der Waals surface area contributed by atoms with Gasteiger partial charge in [-0.15, -0.1) is 12.6 Å². The molecule has 0 aromatic heterocycles. The molecule has 0 spiro atoms. The highest BCUT2D eigenvalue weighted by Gasteiger charge is 2.34. The third kappa shape index (κ3) is 3.44. The molecular weight excluding hydrogens is 390 g/mol. The van der Waals surface area contributed by atoms with Gasteiger partial charge in [-0.05, 0) is 28.0 Å². The first kappa shape index (κ1) is 20.1. The number of fused-ring (bicyclic) bond motifs is 1. The molecular formula is C25H23N3OS. The summed E-state index contributed by atoms with van der Waals surface area (Å²) in [6, 6.07) is 24.3. The Morgan fingerprint density at radius 2 is 1.67 bits per heavy atom. The largest absolute Gasteiger partial charge is 0.327 e. The summed E-state index contributed by atoms with van der Waals surface area (Å²) in [5.74, 6) is -0.413. The Balaban J connectivity index is 1.90. The summed E-state index contributed by atoms with van der Waals surface area (Å²) >= 11 is 4.63. The summed E-state index contributed by atoms with van der Waals surface area (Å²) in [5.41, 5.74) is 3.06. The number of carbonyl (C=O) groups is 1. The van der Waals surface area contributed by atoms with E-state index in [4.69, 9.17) is 0 Å². The minimum absolute atomic E-state index is 0.00818. The number of nitrogens with zero attached hydrogens (tertiary/aromatic N) is 2. The molecule has 3 aromatic carbocycles. The van der Waals surface area contributed by atoms with Crippen molar-refractivity contribution in [2.45, 2.75) is 32.4 Å². The van der Waals surface area contributed by atoms with Crippen LogP contribution in [0.15, 0.2) is 77.3 Å². The molecule has 5 heteroatoms. The number of carbonyl (C=O) groups excluding carboxylic acids is 1. The van der Waals surface area contributed by atoms with Crippen molar-refractivity contribution in [1.29, 1.82) is 5.26 Å². The second kappa shape index (κ2) is 7.55. The molecule has 1 N–H and O–H groups in total. The van der Waals surface area contributed by atoms with Crippen LogP contribution in [0.5, 0.6) is 0 Å². The molecule has 1 atom stereocenters. The Morgan fingerprint density at radius 3 is 2.33 bits per heavy atom. The van der Waals surface area contributed by atoms with Crippen LogP contribution >= 0.6 is 12.6 Å². The molecule has 0 aliphatic carbocycles. The van der Waals surface area contributed by atoms with Gasteiger partial charge in [0, 0.05) is 5.39 Å². The van der Waals surface area contributed by atoms with Crippen molar-refractivity contribution in [1.82, 2.24) is 5.32 Å². The second-order valence-corrected chi connectivity index (χ2v) is 8.85. The Labute approximate surface area is 182 Å². The van der Waals surface area contributed by atoms with Gasteiger partial charge in [0.2, 0.25) is 0 Å². The predicted octanol–water partition coefficient (Wildman–Crippen LogP) is 5.44. The van der Waals surface area contributed by atoms with Gasteiger partial charge in [0.1, 0.15) is 17.8 Å². The number of nitrogens with one attached hydrogen (secondary N) is 1. The van der Waals surface area contributed by atoms with Gasteiger partial charge in [-0.25, -0.2) is 0 Å². The molecule has 1 amide bonds. The van der Waals surface area contributed by atoms with Crippen LogP contribution in [0.25, 0.3) is 10.8 Å². The van der Waals surface area contributed by atoms with Crippen molar-refractivity contribution in [2.75, 3.05) is 4.90 Å². The molecule has 1 unspecified atom stereocenters. The summed E-state index contributed by atoms with van der Waals surface area (Å²) in [6.45, 7) is 6.50. The van der Waals surface area contributed by atoms with Crippen LogP contribution in [-0.2, 0) is 10.2 Å². The molecule has 30 heavy (non-hydrogen) atoms. The fourth-order valence-corrected chi connectivity index (χ4v) is 4.15. The second-order valence-electron chi connectivity index (χ2n) is 8.43. The monoisotopic (exact) mass is 413 g/mol. The van der Waals surface area contributed by atoms with Crippen molar-refractivity contribution >= 4 is 35.0 Å². The van der Waals surface area contributed by atoms with E-state index in [0.29, 0.717) is 5.03 Å². The molecule has 0 saturated heterocycles. The van der Waals surface area contributed by atoms with Crippen LogP contribution in [0.1, 0.15) is 38.1 Å². The fourth-order valence-electron chi connectivity index (χ4n) is 3.78. The van der Waals surface area contributed by atoms with Crippen molar-refractivity contribution in [3.63, 3.8) is 0 Å². The van der Waals surface area contributed by atoms with E-state index in [0.717, 1.165) is 22.0 Å². The summed E-state index contributed by atoms with van der Waals surface area (Å²) in [7, 11) is 0. The molecule has 1 aliphatic rings. The molecule has 4 nitrogen and oxygen atoms in total. The van der Waals surface area contributed by atoms with Gasteiger partial charge >= 0.3 is 0 Å². The van der Waals surface area contributed by atoms with E-state index in [1.165, 1.54) is 5.56 Å². The molecule has 4 rings (SSSR count). The topological polar surface area (TPSA) is 56.1 Å². The van der Waals surface area contributed by atoms with E-state index in [2.05, 4.69) is 50.8 Å². The number of thiol groups is 1. The van der Waals surface area contributed by atoms with Crippen molar-refractivity contribution in [3.8, 4) is 6.07 Å². The normalized spacial score (nSPS) is 17.1. The molecule has 0 fully saturated rings. The van der Waals surface area contributed by atoms with E-state index in [9.17, 15) is 10.1 Å². The van der Waals surface area contributed by atoms with E-state index in [-0.39, 0.29) is 11.0 Å². The van der Waals surface area contributed by atoms with E-state index in [1.54, 1.807) is 0 Å². The lowest BCUT2D eigenvalue weighted by Crippen LogP contribution is -2.46. The highest BCUT2D eigenvalue weighted by Crippen LogP contribution is 2.39. The Kier molecular flexibility index (Phi) is 5.05. The Hall–Kier alpha value is -3.23. The number of amides is 1. The van der Waals surface area contributed by atoms with Crippen LogP contribution in [0.2, 0.25) is 0 Å². The zero-order valence-corrected chi connectivity index (χ0v) is 18.1. The number of anilines is 1. The zero-order valence-electron chi connectivity index (χ0n) is 17.2. The highest BCUT2D eigenvalue weighted by molar-refractivity contribution is 7.84. The van der Waals surface area contributed by atoms with Crippen LogP contribution < -0.4 is 10.2 Å². The third-order valence-electron chi connectivity index (χ3n) is 5.44. The van der Waals surface area contributed by atoms with Gasteiger partial charge in [0.15, 0.2) is 0 Å². The van der Waals surface area contributed by atoms with Gasteiger partial charge in [0.05, 0.1) is 10.7 Å². The third-order valence-corrected chi connectivity index (χ3v) is 5.87.